The van der Waals surface area contributed by atoms with E-state index in [1.807, 2.05) is 30.3 Å². The molecule has 0 spiro atoms. The summed E-state index contributed by atoms with van der Waals surface area (Å²) < 4.78 is 5.50. The number of amides is 2. The van der Waals surface area contributed by atoms with E-state index in [2.05, 4.69) is 15.6 Å². The summed E-state index contributed by atoms with van der Waals surface area (Å²) in [5, 5.41) is 6.58. The van der Waals surface area contributed by atoms with Crippen molar-refractivity contribution in [3.8, 4) is 5.75 Å². The van der Waals surface area contributed by atoms with Crippen LogP contribution in [0.3, 0.4) is 0 Å². The fourth-order valence-electron chi connectivity index (χ4n) is 2.76. The molecule has 0 fully saturated rings. The number of ether oxygens (including phenoxy) is 1. The van der Waals surface area contributed by atoms with Gasteiger partial charge < -0.3 is 15.4 Å². The van der Waals surface area contributed by atoms with Gasteiger partial charge in [0.1, 0.15) is 5.75 Å². The molecule has 1 aromatic heterocycles. The molecule has 6 heteroatoms. The maximum Gasteiger partial charge on any atom is 0.255 e. The predicted molar refractivity (Wildman–Crippen MR) is 94.9 cm³/mol. The number of nitrogens with zero attached hydrogens (tertiary/aromatic N) is 1. The van der Waals surface area contributed by atoms with Crippen molar-refractivity contribution in [1.82, 2.24) is 4.98 Å². The van der Waals surface area contributed by atoms with Crippen molar-refractivity contribution < 1.29 is 14.3 Å². The van der Waals surface area contributed by atoms with Gasteiger partial charge in [-0.05, 0) is 30.3 Å². The lowest BCUT2D eigenvalue weighted by atomic mass is 10.1. The first-order valence-electron chi connectivity index (χ1n) is 7.92. The van der Waals surface area contributed by atoms with Gasteiger partial charge in [0.05, 0.1) is 29.9 Å². The van der Waals surface area contributed by atoms with Crippen LogP contribution >= 0.6 is 0 Å². The summed E-state index contributed by atoms with van der Waals surface area (Å²) in [7, 11) is 0. The number of benzene rings is 2. The summed E-state index contributed by atoms with van der Waals surface area (Å²) in [6.07, 6.45) is 1.98. The van der Waals surface area contributed by atoms with Gasteiger partial charge in [0.2, 0.25) is 5.91 Å². The Kier molecular flexibility index (Phi) is 3.78. The van der Waals surface area contributed by atoms with Crippen LogP contribution in [0.4, 0.5) is 11.4 Å². The fourth-order valence-corrected chi connectivity index (χ4v) is 2.76. The third kappa shape index (κ3) is 3.01. The minimum absolute atomic E-state index is 0.130. The van der Waals surface area contributed by atoms with E-state index in [0.717, 1.165) is 10.9 Å². The number of pyridine rings is 1. The molecule has 3 aromatic rings. The van der Waals surface area contributed by atoms with Crippen molar-refractivity contribution in [2.45, 2.75) is 6.42 Å². The van der Waals surface area contributed by atoms with Crippen LogP contribution in [0.25, 0.3) is 10.9 Å². The van der Waals surface area contributed by atoms with Gasteiger partial charge in [0.15, 0.2) is 0 Å². The van der Waals surface area contributed by atoms with Crippen molar-refractivity contribution >= 4 is 34.1 Å². The second kappa shape index (κ2) is 6.24. The molecule has 2 aromatic carbocycles. The van der Waals surface area contributed by atoms with Crippen LogP contribution in [0, 0.1) is 0 Å². The van der Waals surface area contributed by atoms with Gasteiger partial charge in [-0.1, -0.05) is 18.2 Å². The zero-order valence-electron chi connectivity index (χ0n) is 13.3. The van der Waals surface area contributed by atoms with Gasteiger partial charge in [-0.15, -0.1) is 0 Å². The maximum absolute atomic E-state index is 12.6. The molecule has 4 rings (SSSR count). The molecule has 25 heavy (non-hydrogen) atoms. The molecule has 2 amide bonds. The summed E-state index contributed by atoms with van der Waals surface area (Å²) in [4.78, 5) is 28.6. The highest BCUT2D eigenvalue weighted by Crippen LogP contribution is 2.29. The minimum Gasteiger partial charge on any atom is -0.491 e. The van der Waals surface area contributed by atoms with E-state index in [-0.39, 0.29) is 18.2 Å². The Morgan fingerprint density at radius 1 is 1.16 bits per heavy atom. The second-order valence-corrected chi connectivity index (χ2v) is 5.69. The Labute approximate surface area is 143 Å². The van der Waals surface area contributed by atoms with E-state index in [9.17, 15) is 9.59 Å². The van der Waals surface area contributed by atoms with Gasteiger partial charge in [-0.2, -0.15) is 0 Å². The highest BCUT2D eigenvalue weighted by atomic mass is 16.5. The molecule has 0 atom stereocenters. The molecule has 2 N–H and O–H groups in total. The van der Waals surface area contributed by atoms with Gasteiger partial charge in [-0.25, -0.2) is 0 Å². The quantitative estimate of drug-likeness (QED) is 0.755. The van der Waals surface area contributed by atoms with E-state index in [4.69, 9.17) is 4.74 Å². The van der Waals surface area contributed by atoms with Crippen LogP contribution in [0.1, 0.15) is 16.8 Å². The average molecular weight is 333 g/mol. The standard InChI is InChI=1S/C19H15N3O3/c23-17-8-10-25-16-7-6-13(11-15(16)21-17)19(24)22-14-5-1-3-12-4-2-9-20-18(12)14/h1-7,9,11H,8,10H2,(H,21,23)(H,22,24). The monoisotopic (exact) mass is 333 g/mol. The first-order chi connectivity index (χ1) is 12.2. The largest absolute Gasteiger partial charge is 0.491 e. The van der Waals surface area contributed by atoms with E-state index in [1.165, 1.54) is 0 Å². The minimum atomic E-state index is -0.278. The third-order valence-corrected chi connectivity index (χ3v) is 3.98. The van der Waals surface area contributed by atoms with Crippen molar-refractivity contribution in [3.63, 3.8) is 0 Å². The number of para-hydroxylation sites is 1. The second-order valence-electron chi connectivity index (χ2n) is 5.69. The number of hydrogen-bond donors (Lipinski definition) is 2. The number of aromatic nitrogens is 1. The highest BCUT2D eigenvalue weighted by molar-refractivity contribution is 6.09. The summed E-state index contributed by atoms with van der Waals surface area (Å²) in [5.41, 5.74) is 2.30. The van der Waals surface area contributed by atoms with Gasteiger partial charge in [0.25, 0.3) is 5.91 Å². The normalized spacial score (nSPS) is 13.4. The van der Waals surface area contributed by atoms with Gasteiger partial charge >= 0.3 is 0 Å². The Bertz CT molecular complexity index is 979. The van der Waals surface area contributed by atoms with Crippen LogP contribution in [-0.2, 0) is 4.79 Å². The molecule has 0 unspecified atom stereocenters. The predicted octanol–water partition coefficient (Wildman–Crippen LogP) is 3.21. The summed E-state index contributed by atoms with van der Waals surface area (Å²) >= 11 is 0. The van der Waals surface area contributed by atoms with Crippen LogP contribution in [0.5, 0.6) is 5.75 Å². The van der Waals surface area contributed by atoms with E-state index in [0.29, 0.717) is 29.3 Å². The summed E-state index contributed by atoms with van der Waals surface area (Å²) in [6.45, 7) is 0.325. The number of anilines is 2. The summed E-state index contributed by atoms with van der Waals surface area (Å²) in [5.74, 6) is 0.156. The molecule has 2 heterocycles. The fraction of sp³-hybridized carbons (Fsp3) is 0.105. The zero-order valence-corrected chi connectivity index (χ0v) is 13.3. The molecule has 124 valence electrons. The Balaban J connectivity index is 1.64. The number of carbonyl (C=O) groups excluding carboxylic acids is 2. The molecular formula is C19H15N3O3. The maximum atomic E-state index is 12.6. The van der Waals surface area contributed by atoms with Crippen molar-refractivity contribution in [2.24, 2.45) is 0 Å². The summed E-state index contributed by atoms with van der Waals surface area (Å²) in [6, 6.07) is 14.4. The zero-order chi connectivity index (χ0) is 17.2. The first-order valence-corrected chi connectivity index (χ1v) is 7.92. The number of rotatable bonds is 2. The number of hydrogen-bond acceptors (Lipinski definition) is 4. The van der Waals surface area contributed by atoms with Crippen molar-refractivity contribution in [1.29, 1.82) is 0 Å². The Morgan fingerprint density at radius 3 is 2.96 bits per heavy atom. The van der Waals surface area contributed by atoms with E-state index >= 15 is 0 Å². The van der Waals surface area contributed by atoms with Gasteiger partial charge in [0, 0.05) is 17.1 Å². The Hall–Kier alpha value is -3.41. The number of carbonyl (C=O) groups is 2. The topological polar surface area (TPSA) is 80.3 Å². The molecule has 1 aliphatic heterocycles. The first kappa shape index (κ1) is 15.1. The van der Waals surface area contributed by atoms with Crippen LogP contribution < -0.4 is 15.4 Å². The Morgan fingerprint density at radius 2 is 2.04 bits per heavy atom. The van der Waals surface area contributed by atoms with Crippen molar-refractivity contribution in [3.05, 3.63) is 60.3 Å². The van der Waals surface area contributed by atoms with Crippen LogP contribution in [0.15, 0.2) is 54.7 Å². The lowest BCUT2D eigenvalue weighted by molar-refractivity contribution is -0.116. The third-order valence-electron chi connectivity index (χ3n) is 3.98. The van der Waals surface area contributed by atoms with Gasteiger partial charge in [-0.3, -0.25) is 14.6 Å². The molecular weight excluding hydrogens is 318 g/mol. The molecule has 0 bridgehead atoms. The van der Waals surface area contributed by atoms with E-state index < -0.39 is 0 Å². The average Bonchev–Trinajstić information content (AvgIpc) is 2.81. The lowest BCUT2D eigenvalue weighted by Crippen LogP contribution is -2.14. The molecule has 0 aliphatic carbocycles. The smallest absolute Gasteiger partial charge is 0.255 e. The van der Waals surface area contributed by atoms with Crippen LogP contribution in [-0.4, -0.2) is 23.4 Å². The molecule has 0 saturated heterocycles. The van der Waals surface area contributed by atoms with Crippen LogP contribution in [0.2, 0.25) is 0 Å². The van der Waals surface area contributed by atoms with E-state index in [1.54, 1.807) is 24.4 Å². The molecule has 0 saturated carbocycles. The number of nitrogens with one attached hydrogen (secondary N) is 2. The molecule has 1 aliphatic rings. The lowest BCUT2D eigenvalue weighted by Gasteiger charge is -2.11. The SMILES string of the molecule is O=C1CCOc2ccc(C(=O)Nc3cccc4cccnc34)cc2N1. The number of fused-ring (bicyclic) bond motifs is 2. The highest BCUT2D eigenvalue weighted by Gasteiger charge is 2.17. The molecule has 0 radical (unpaired) electrons. The molecule has 6 nitrogen and oxygen atoms in total. The van der Waals surface area contributed by atoms with Crippen molar-refractivity contribution in [2.75, 3.05) is 17.2 Å².